The van der Waals surface area contributed by atoms with Gasteiger partial charge in [-0.1, -0.05) is 35.4 Å². The molecule has 0 bridgehead atoms. The van der Waals surface area contributed by atoms with Crippen molar-refractivity contribution in [3.8, 4) is 0 Å². The molecule has 1 atom stereocenters. The molecule has 2 aromatic carbocycles. The number of aliphatic imine (C=N–C) groups is 1. The number of hydrogen-bond acceptors (Lipinski definition) is 3. The molecule has 1 unspecified atom stereocenters. The zero-order chi connectivity index (χ0) is 15.9. The number of amidine groups is 1. The Labute approximate surface area is 132 Å². The average Bonchev–Trinajstić information content (AvgIpc) is 2.51. The van der Waals surface area contributed by atoms with E-state index >= 15 is 0 Å². The number of aryl methyl sites for hydroxylation is 2. The van der Waals surface area contributed by atoms with Crippen LogP contribution in [0, 0.1) is 13.8 Å². The Morgan fingerprint density at radius 1 is 1.00 bits per heavy atom. The van der Waals surface area contributed by atoms with Gasteiger partial charge in [0.15, 0.2) is 0 Å². The van der Waals surface area contributed by atoms with E-state index < -0.39 is 0 Å². The van der Waals surface area contributed by atoms with Gasteiger partial charge in [-0.15, -0.1) is 0 Å². The van der Waals surface area contributed by atoms with Gasteiger partial charge in [0.25, 0.3) is 0 Å². The van der Waals surface area contributed by atoms with Gasteiger partial charge in [0.2, 0.25) is 0 Å². The van der Waals surface area contributed by atoms with E-state index in [0.29, 0.717) is 13.0 Å². The van der Waals surface area contributed by atoms with Crippen LogP contribution >= 0.6 is 0 Å². The summed E-state index contributed by atoms with van der Waals surface area (Å²) in [4.78, 5) is 4.66. The zero-order valence-electron chi connectivity index (χ0n) is 13.2. The van der Waals surface area contributed by atoms with E-state index in [0.717, 1.165) is 17.2 Å². The molecule has 0 aliphatic rings. The molecule has 0 radical (unpaired) electrons. The van der Waals surface area contributed by atoms with Crippen LogP contribution in [0.15, 0.2) is 53.5 Å². The van der Waals surface area contributed by atoms with Gasteiger partial charge in [-0.25, -0.2) is 4.99 Å². The molecule has 0 aromatic heterocycles. The number of nitrogens with zero attached hydrogens (tertiary/aromatic N) is 1. The zero-order valence-corrected chi connectivity index (χ0v) is 13.2. The second-order valence-electron chi connectivity index (χ2n) is 5.51. The highest BCUT2D eigenvalue weighted by Crippen LogP contribution is 2.16. The molecule has 0 aliphatic carbocycles. The van der Waals surface area contributed by atoms with E-state index in [-0.39, 0.29) is 6.04 Å². The monoisotopic (exact) mass is 296 g/mol. The van der Waals surface area contributed by atoms with Crippen LogP contribution < -0.4 is 16.8 Å². The van der Waals surface area contributed by atoms with Crippen molar-refractivity contribution in [1.82, 2.24) is 0 Å². The minimum atomic E-state index is -0.215. The van der Waals surface area contributed by atoms with Crippen molar-refractivity contribution in [2.24, 2.45) is 16.5 Å². The number of hydrogen-bond donors (Lipinski definition) is 3. The number of rotatable bonds is 5. The highest BCUT2D eigenvalue weighted by Gasteiger charge is 2.11. The van der Waals surface area contributed by atoms with Crippen LogP contribution in [0.1, 0.15) is 17.5 Å². The van der Waals surface area contributed by atoms with E-state index in [1.807, 2.05) is 36.4 Å². The predicted molar refractivity (Wildman–Crippen MR) is 94.7 cm³/mol. The fourth-order valence-electron chi connectivity index (χ4n) is 2.06. The number of nitrogens with two attached hydrogens (primary N) is 2. The van der Waals surface area contributed by atoms with E-state index in [2.05, 4.69) is 36.3 Å². The first-order valence-electron chi connectivity index (χ1n) is 7.53. The number of benzene rings is 2. The summed E-state index contributed by atoms with van der Waals surface area (Å²) in [6, 6.07) is 16.0. The van der Waals surface area contributed by atoms with E-state index in [9.17, 15) is 0 Å². The molecule has 5 N–H and O–H groups in total. The van der Waals surface area contributed by atoms with Gasteiger partial charge in [0.1, 0.15) is 5.84 Å². The molecule has 2 rings (SSSR count). The topological polar surface area (TPSA) is 76.4 Å². The standard InChI is InChI=1S/C18H24N4/c1-13-3-7-15(8-4-13)21-18(17(20)11-12-19)22-16-9-5-14(2)6-10-16/h3-10,17H,11-12,19-20H2,1-2H3,(H,21,22). The quantitative estimate of drug-likeness (QED) is 0.586. The molecule has 116 valence electrons. The van der Waals surface area contributed by atoms with Crippen LogP contribution in [0.3, 0.4) is 0 Å². The molecule has 22 heavy (non-hydrogen) atoms. The lowest BCUT2D eigenvalue weighted by atomic mass is 10.1. The van der Waals surface area contributed by atoms with Gasteiger partial charge in [-0.05, 0) is 51.1 Å². The summed E-state index contributed by atoms with van der Waals surface area (Å²) < 4.78 is 0. The summed E-state index contributed by atoms with van der Waals surface area (Å²) in [7, 11) is 0. The number of anilines is 1. The smallest absolute Gasteiger partial charge is 0.124 e. The van der Waals surface area contributed by atoms with Crippen LogP contribution in [0.5, 0.6) is 0 Å². The van der Waals surface area contributed by atoms with Crippen molar-refractivity contribution in [3.63, 3.8) is 0 Å². The first kappa shape index (κ1) is 16.2. The molecular weight excluding hydrogens is 272 g/mol. The molecule has 4 heteroatoms. The van der Waals surface area contributed by atoms with E-state index in [4.69, 9.17) is 11.5 Å². The first-order chi connectivity index (χ1) is 10.6. The third-order valence-corrected chi connectivity index (χ3v) is 3.44. The maximum Gasteiger partial charge on any atom is 0.124 e. The fraction of sp³-hybridized carbons (Fsp3) is 0.278. The molecule has 4 nitrogen and oxygen atoms in total. The van der Waals surface area contributed by atoms with Crippen molar-refractivity contribution in [2.45, 2.75) is 26.3 Å². The lowest BCUT2D eigenvalue weighted by Gasteiger charge is -2.16. The largest absolute Gasteiger partial charge is 0.342 e. The van der Waals surface area contributed by atoms with Gasteiger partial charge >= 0.3 is 0 Å². The lowest BCUT2D eigenvalue weighted by molar-refractivity contribution is 0.759. The van der Waals surface area contributed by atoms with E-state index in [1.165, 1.54) is 11.1 Å². The van der Waals surface area contributed by atoms with Gasteiger partial charge < -0.3 is 16.8 Å². The molecular formula is C18H24N4. The second-order valence-corrected chi connectivity index (χ2v) is 5.51. The third kappa shape index (κ3) is 4.69. The van der Waals surface area contributed by atoms with Crippen molar-refractivity contribution in [3.05, 3.63) is 59.7 Å². The van der Waals surface area contributed by atoms with Crippen molar-refractivity contribution < 1.29 is 0 Å². The summed E-state index contributed by atoms with van der Waals surface area (Å²) in [5, 5.41) is 3.32. The van der Waals surface area contributed by atoms with Crippen LogP contribution in [0.4, 0.5) is 11.4 Å². The fourth-order valence-corrected chi connectivity index (χ4v) is 2.06. The van der Waals surface area contributed by atoms with Crippen molar-refractivity contribution in [1.29, 1.82) is 0 Å². The Morgan fingerprint density at radius 3 is 2.09 bits per heavy atom. The minimum Gasteiger partial charge on any atom is -0.342 e. The Bertz CT molecular complexity index is 615. The summed E-state index contributed by atoms with van der Waals surface area (Å²) in [6.07, 6.45) is 0.684. The third-order valence-electron chi connectivity index (χ3n) is 3.44. The highest BCUT2D eigenvalue weighted by molar-refractivity contribution is 6.00. The average molecular weight is 296 g/mol. The van der Waals surface area contributed by atoms with Gasteiger partial charge in [-0.2, -0.15) is 0 Å². The van der Waals surface area contributed by atoms with Crippen LogP contribution in [0.25, 0.3) is 0 Å². The Hall–Kier alpha value is -2.17. The lowest BCUT2D eigenvalue weighted by Crippen LogP contribution is -2.37. The molecule has 0 amide bonds. The van der Waals surface area contributed by atoms with Gasteiger partial charge in [0, 0.05) is 5.69 Å². The summed E-state index contributed by atoms with van der Waals surface area (Å²) in [6.45, 7) is 4.65. The Balaban J connectivity index is 2.25. The summed E-state index contributed by atoms with van der Waals surface area (Å²) >= 11 is 0. The Morgan fingerprint density at radius 2 is 1.55 bits per heavy atom. The molecule has 0 saturated carbocycles. The summed E-state index contributed by atoms with van der Waals surface area (Å²) in [5.41, 5.74) is 16.1. The van der Waals surface area contributed by atoms with Crippen molar-refractivity contribution in [2.75, 3.05) is 11.9 Å². The molecule has 0 heterocycles. The Kier molecular flexibility index (Phi) is 5.69. The van der Waals surface area contributed by atoms with Crippen LogP contribution in [-0.4, -0.2) is 18.4 Å². The second kappa shape index (κ2) is 7.73. The maximum absolute atomic E-state index is 6.21. The molecule has 2 aromatic rings. The SMILES string of the molecule is Cc1ccc(N=C(Nc2ccc(C)cc2)C(N)CCN)cc1. The van der Waals surface area contributed by atoms with Crippen LogP contribution in [0.2, 0.25) is 0 Å². The normalized spacial score (nSPS) is 13.0. The molecule has 0 aliphatic heterocycles. The van der Waals surface area contributed by atoms with Crippen molar-refractivity contribution >= 4 is 17.2 Å². The maximum atomic E-state index is 6.21. The molecule has 0 fully saturated rings. The summed E-state index contributed by atoms with van der Waals surface area (Å²) in [5.74, 6) is 0.734. The highest BCUT2D eigenvalue weighted by atomic mass is 15.0. The van der Waals surface area contributed by atoms with Crippen LogP contribution in [-0.2, 0) is 0 Å². The minimum absolute atomic E-state index is 0.215. The number of nitrogens with one attached hydrogen (secondary N) is 1. The van der Waals surface area contributed by atoms with Gasteiger partial charge in [0.05, 0.1) is 11.7 Å². The predicted octanol–water partition coefficient (Wildman–Crippen LogP) is 3.12. The first-order valence-corrected chi connectivity index (χ1v) is 7.53. The molecule has 0 saturated heterocycles. The molecule has 0 spiro atoms. The van der Waals surface area contributed by atoms with Gasteiger partial charge in [-0.3, -0.25) is 0 Å². The van der Waals surface area contributed by atoms with E-state index in [1.54, 1.807) is 0 Å².